The molecule has 0 radical (unpaired) electrons. The third-order valence-electron chi connectivity index (χ3n) is 4.74. The largest absolute Gasteiger partial charge is 0.491 e. The Morgan fingerprint density at radius 3 is 2.69 bits per heavy atom. The fourth-order valence-corrected chi connectivity index (χ4v) is 3.46. The summed E-state index contributed by atoms with van der Waals surface area (Å²) in [5, 5.41) is 3.22. The molecule has 3 aromatic rings. The van der Waals surface area contributed by atoms with Crippen LogP contribution in [0.3, 0.4) is 0 Å². The van der Waals surface area contributed by atoms with Gasteiger partial charge in [0, 0.05) is 24.0 Å². The van der Waals surface area contributed by atoms with Gasteiger partial charge in [-0.2, -0.15) is 0 Å². The Balaban J connectivity index is 1.51. The van der Waals surface area contributed by atoms with Crippen LogP contribution >= 0.6 is 0 Å². The first-order valence-electron chi connectivity index (χ1n) is 9.86. The van der Waals surface area contributed by atoms with Gasteiger partial charge in [0.2, 0.25) is 0 Å². The average molecular weight is 388 g/mol. The molecule has 0 fully saturated rings. The molecular formula is C23H24N4O2. The number of hydrogen-bond donors (Lipinski definition) is 1. The zero-order valence-electron chi connectivity index (χ0n) is 16.6. The van der Waals surface area contributed by atoms with E-state index in [0.29, 0.717) is 18.1 Å². The quantitative estimate of drug-likeness (QED) is 0.692. The Hall–Kier alpha value is -3.41. The van der Waals surface area contributed by atoms with E-state index in [4.69, 9.17) is 4.74 Å². The summed E-state index contributed by atoms with van der Waals surface area (Å²) in [4.78, 5) is 23.4. The molecule has 4 rings (SSSR count). The standard InChI is InChI=1S/C23H24N4O2/c1-16(2)29-19-11-9-18(10-12-19)26-22-14-20(24-15-25-22)23(28)27-13-5-7-17-6-3-4-8-21(17)27/h3-4,6,8-12,14-16H,5,7,13H2,1-2H3,(H,24,25,26). The molecule has 1 amide bonds. The van der Waals surface area contributed by atoms with Gasteiger partial charge in [-0.1, -0.05) is 18.2 Å². The van der Waals surface area contributed by atoms with Crippen LogP contribution in [0.1, 0.15) is 36.3 Å². The maximum Gasteiger partial charge on any atom is 0.277 e. The molecule has 0 saturated carbocycles. The van der Waals surface area contributed by atoms with E-state index in [1.54, 1.807) is 6.07 Å². The van der Waals surface area contributed by atoms with Crippen molar-refractivity contribution in [3.63, 3.8) is 0 Å². The summed E-state index contributed by atoms with van der Waals surface area (Å²) in [6, 6.07) is 17.4. The second-order valence-corrected chi connectivity index (χ2v) is 7.29. The second-order valence-electron chi connectivity index (χ2n) is 7.29. The Morgan fingerprint density at radius 1 is 1.10 bits per heavy atom. The number of rotatable bonds is 5. The summed E-state index contributed by atoms with van der Waals surface area (Å²) in [6.45, 7) is 4.68. The molecule has 2 aromatic carbocycles. The number of ether oxygens (including phenoxy) is 1. The van der Waals surface area contributed by atoms with Crippen molar-refractivity contribution in [3.05, 3.63) is 72.2 Å². The lowest BCUT2D eigenvalue weighted by atomic mass is 10.0. The first-order valence-corrected chi connectivity index (χ1v) is 9.86. The number of amides is 1. The van der Waals surface area contributed by atoms with Crippen LogP contribution in [0.15, 0.2) is 60.9 Å². The van der Waals surface area contributed by atoms with Crippen LogP contribution in [-0.4, -0.2) is 28.5 Å². The molecule has 0 aliphatic carbocycles. The Kier molecular flexibility index (Phi) is 5.42. The van der Waals surface area contributed by atoms with Crippen molar-refractivity contribution in [2.45, 2.75) is 32.8 Å². The fourth-order valence-electron chi connectivity index (χ4n) is 3.46. The number of nitrogens with one attached hydrogen (secondary N) is 1. The molecule has 0 saturated heterocycles. The van der Waals surface area contributed by atoms with Crippen LogP contribution < -0.4 is 15.0 Å². The van der Waals surface area contributed by atoms with Crippen LogP contribution in [0.25, 0.3) is 0 Å². The molecule has 0 unspecified atom stereocenters. The minimum absolute atomic E-state index is 0.108. The molecule has 1 aromatic heterocycles. The molecule has 1 aliphatic heterocycles. The molecule has 1 N–H and O–H groups in total. The predicted molar refractivity (Wildman–Crippen MR) is 114 cm³/mol. The highest BCUT2D eigenvalue weighted by Gasteiger charge is 2.24. The van der Waals surface area contributed by atoms with Gasteiger partial charge in [-0.05, 0) is 62.6 Å². The van der Waals surface area contributed by atoms with Crippen LogP contribution in [0.2, 0.25) is 0 Å². The highest BCUT2D eigenvalue weighted by Crippen LogP contribution is 2.28. The van der Waals surface area contributed by atoms with Gasteiger partial charge in [0.25, 0.3) is 5.91 Å². The van der Waals surface area contributed by atoms with Crippen molar-refractivity contribution < 1.29 is 9.53 Å². The van der Waals surface area contributed by atoms with Crippen molar-refractivity contribution in [1.29, 1.82) is 0 Å². The van der Waals surface area contributed by atoms with E-state index < -0.39 is 0 Å². The number of nitrogens with zero attached hydrogens (tertiary/aromatic N) is 3. The molecule has 6 nitrogen and oxygen atoms in total. The number of aryl methyl sites for hydroxylation is 1. The minimum Gasteiger partial charge on any atom is -0.491 e. The summed E-state index contributed by atoms with van der Waals surface area (Å²) >= 11 is 0. The summed E-state index contributed by atoms with van der Waals surface area (Å²) < 4.78 is 5.66. The third kappa shape index (κ3) is 4.37. The van der Waals surface area contributed by atoms with Crippen LogP contribution in [-0.2, 0) is 6.42 Å². The van der Waals surface area contributed by atoms with Crippen molar-refractivity contribution in [1.82, 2.24) is 9.97 Å². The molecule has 0 spiro atoms. The first-order chi connectivity index (χ1) is 14.1. The topological polar surface area (TPSA) is 67.3 Å². The number of fused-ring (bicyclic) bond motifs is 1. The highest BCUT2D eigenvalue weighted by molar-refractivity contribution is 6.05. The highest BCUT2D eigenvalue weighted by atomic mass is 16.5. The summed E-state index contributed by atoms with van der Waals surface area (Å²) in [6.07, 6.45) is 3.49. The van der Waals surface area contributed by atoms with Crippen LogP contribution in [0.5, 0.6) is 5.75 Å². The minimum atomic E-state index is -0.108. The molecule has 0 bridgehead atoms. The Morgan fingerprint density at radius 2 is 1.90 bits per heavy atom. The summed E-state index contributed by atoms with van der Waals surface area (Å²) in [5.41, 5.74) is 3.40. The molecule has 2 heterocycles. The van der Waals surface area contributed by atoms with Gasteiger partial charge in [0.1, 0.15) is 23.6 Å². The Bertz CT molecular complexity index is 1000. The van der Waals surface area contributed by atoms with Gasteiger partial charge in [-0.25, -0.2) is 9.97 Å². The number of carbonyl (C=O) groups is 1. The SMILES string of the molecule is CC(C)Oc1ccc(Nc2cc(C(=O)N3CCCc4ccccc43)ncn2)cc1. The van der Waals surface area contributed by atoms with E-state index in [0.717, 1.165) is 30.0 Å². The van der Waals surface area contributed by atoms with E-state index >= 15 is 0 Å². The molecule has 1 aliphatic rings. The Labute approximate surface area is 170 Å². The number of para-hydroxylation sites is 1. The van der Waals surface area contributed by atoms with E-state index in [1.165, 1.54) is 11.9 Å². The normalized spacial score (nSPS) is 13.1. The van der Waals surface area contributed by atoms with Crippen molar-refractivity contribution >= 4 is 23.1 Å². The third-order valence-corrected chi connectivity index (χ3v) is 4.74. The average Bonchev–Trinajstić information content (AvgIpc) is 2.74. The maximum absolute atomic E-state index is 13.1. The van der Waals surface area contributed by atoms with Gasteiger partial charge in [0.15, 0.2) is 0 Å². The van der Waals surface area contributed by atoms with Crippen molar-refractivity contribution in [2.24, 2.45) is 0 Å². The first kappa shape index (κ1) is 18.9. The zero-order valence-corrected chi connectivity index (χ0v) is 16.6. The molecule has 6 heteroatoms. The summed E-state index contributed by atoms with van der Waals surface area (Å²) in [7, 11) is 0. The van der Waals surface area contributed by atoms with Crippen LogP contribution in [0, 0.1) is 0 Å². The lowest BCUT2D eigenvalue weighted by Gasteiger charge is -2.29. The second kappa shape index (κ2) is 8.31. The van der Waals surface area contributed by atoms with Crippen molar-refractivity contribution in [3.8, 4) is 5.75 Å². The number of benzene rings is 2. The molecule has 29 heavy (non-hydrogen) atoms. The smallest absolute Gasteiger partial charge is 0.277 e. The van der Waals surface area contributed by atoms with E-state index in [9.17, 15) is 4.79 Å². The fraction of sp³-hybridized carbons (Fsp3) is 0.261. The lowest BCUT2D eigenvalue weighted by molar-refractivity contribution is 0.0980. The van der Waals surface area contributed by atoms with Gasteiger partial charge in [-0.3, -0.25) is 4.79 Å². The van der Waals surface area contributed by atoms with Gasteiger partial charge >= 0.3 is 0 Å². The van der Waals surface area contributed by atoms with E-state index in [2.05, 4.69) is 21.4 Å². The molecule has 148 valence electrons. The predicted octanol–water partition coefficient (Wildman–Crippen LogP) is 4.60. The van der Waals surface area contributed by atoms with Gasteiger partial charge in [0.05, 0.1) is 6.10 Å². The molecule has 0 atom stereocenters. The maximum atomic E-state index is 13.1. The molecular weight excluding hydrogens is 364 g/mol. The van der Waals surface area contributed by atoms with Crippen molar-refractivity contribution in [2.75, 3.05) is 16.8 Å². The van der Waals surface area contributed by atoms with E-state index in [1.807, 2.05) is 61.2 Å². The lowest BCUT2D eigenvalue weighted by Crippen LogP contribution is -2.36. The monoisotopic (exact) mass is 388 g/mol. The summed E-state index contributed by atoms with van der Waals surface area (Å²) in [5.74, 6) is 1.28. The number of carbonyl (C=O) groups excluding carboxylic acids is 1. The van der Waals surface area contributed by atoms with E-state index in [-0.39, 0.29) is 12.0 Å². The number of anilines is 3. The zero-order chi connectivity index (χ0) is 20.2. The van der Waals surface area contributed by atoms with Crippen LogP contribution in [0.4, 0.5) is 17.2 Å². The van der Waals surface area contributed by atoms with Gasteiger partial charge < -0.3 is 15.0 Å². The number of aromatic nitrogens is 2. The van der Waals surface area contributed by atoms with Gasteiger partial charge in [-0.15, -0.1) is 0 Å². The number of hydrogen-bond acceptors (Lipinski definition) is 5.